The van der Waals surface area contributed by atoms with Gasteiger partial charge in [0.25, 0.3) is 0 Å². The van der Waals surface area contributed by atoms with Crippen LogP contribution in [-0.4, -0.2) is 11.6 Å². The van der Waals surface area contributed by atoms with Crippen molar-refractivity contribution in [3.63, 3.8) is 0 Å². The molecule has 2 nitrogen and oxygen atoms in total. The van der Waals surface area contributed by atoms with Crippen LogP contribution < -0.4 is 0 Å². The molecule has 0 amide bonds. The van der Waals surface area contributed by atoms with Crippen molar-refractivity contribution in [2.45, 2.75) is 0 Å². The summed E-state index contributed by atoms with van der Waals surface area (Å²) in [5.41, 5.74) is 0. The molecule has 1 aliphatic carbocycles. The Morgan fingerprint density at radius 2 is 1.00 bits per heavy atom. The van der Waals surface area contributed by atoms with Gasteiger partial charge in [0.05, 0.1) is 0 Å². The topological polar surface area (TPSA) is 34.1 Å². The van der Waals surface area contributed by atoms with E-state index in [9.17, 15) is 9.59 Å². The van der Waals surface area contributed by atoms with E-state index >= 15 is 0 Å². The van der Waals surface area contributed by atoms with Gasteiger partial charge in [-0.15, -0.1) is 0 Å². The monoisotopic (exact) mass is 210 g/mol. The molecule has 48 valence electrons. The fraction of sp³-hybridized carbons (Fsp3) is 0. The molecule has 0 spiro atoms. The fourth-order valence-corrected chi connectivity index (χ4v) is 0.440. The van der Waals surface area contributed by atoms with Crippen molar-refractivity contribution in [2.24, 2.45) is 0 Å². The summed E-state index contributed by atoms with van der Waals surface area (Å²) in [4.78, 5) is 20.6. The third-order valence-electron chi connectivity index (χ3n) is 0.824. The zero-order valence-corrected chi connectivity index (χ0v) is 6.22. The standard InChI is InChI=1S/C6H4O2.Ru/c7-5-1-2-6(8)4-3-5;/h1-4H;. The molecule has 0 aromatic heterocycles. The Balaban J connectivity index is 0.000000640. The third kappa shape index (κ3) is 2.47. The maximum Gasteiger partial charge on any atom is 0.178 e. The maximum atomic E-state index is 10.3. The molecule has 0 bridgehead atoms. The van der Waals surface area contributed by atoms with Crippen LogP contribution in [0.3, 0.4) is 0 Å². The van der Waals surface area contributed by atoms with Crippen LogP contribution in [0.5, 0.6) is 0 Å². The predicted octanol–water partition coefficient (Wildman–Crippen LogP) is 0.248. The molecule has 0 heterocycles. The van der Waals surface area contributed by atoms with Gasteiger partial charge in [0.15, 0.2) is 11.6 Å². The minimum Gasteiger partial charge on any atom is -0.290 e. The van der Waals surface area contributed by atoms with E-state index in [0.717, 1.165) is 0 Å². The molecule has 3 heteroatoms. The normalized spacial score (nSPS) is 15.6. The van der Waals surface area contributed by atoms with Crippen LogP contribution in [-0.2, 0) is 29.1 Å². The molecule has 1 aliphatic rings. The minimum absolute atomic E-state index is 0. The van der Waals surface area contributed by atoms with Crippen LogP contribution >= 0.6 is 0 Å². The van der Waals surface area contributed by atoms with Gasteiger partial charge < -0.3 is 0 Å². The van der Waals surface area contributed by atoms with Crippen molar-refractivity contribution < 1.29 is 29.1 Å². The second kappa shape index (κ2) is 3.47. The van der Waals surface area contributed by atoms with Crippen molar-refractivity contribution in [3.8, 4) is 0 Å². The summed E-state index contributed by atoms with van der Waals surface area (Å²) in [5, 5.41) is 0. The molecule has 0 unspecified atom stereocenters. The molecule has 1 rings (SSSR count). The van der Waals surface area contributed by atoms with E-state index in [1.807, 2.05) is 0 Å². The molecule has 0 aliphatic heterocycles. The van der Waals surface area contributed by atoms with E-state index in [2.05, 4.69) is 0 Å². The van der Waals surface area contributed by atoms with Crippen LogP contribution in [0.2, 0.25) is 0 Å². The van der Waals surface area contributed by atoms with Gasteiger partial charge in [-0.05, 0) is 24.3 Å². The number of hydrogen-bond donors (Lipinski definition) is 0. The van der Waals surface area contributed by atoms with E-state index in [1.165, 1.54) is 24.3 Å². The summed E-state index contributed by atoms with van der Waals surface area (Å²) in [5.74, 6) is -0.241. The van der Waals surface area contributed by atoms with Crippen LogP contribution in [0.4, 0.5) is 0 Å². The second-order valence-electron chi connectivity index (χ2n) is 1.47. The van der Waals surface area contributed by atoms with Gasteiger partial charge in [0.1, 0.15) is 0 Å². The second-order valence-corrected chi connectivity index (χ2v) is 1.47. The van der Waals surface area contributed by atoms with Gasteiger partial charge in [-0.3, -0.25) is 9.59 Å². The van der Waals surface area contributed by atoms with E-state index in [1.54, 1.807) is 0 Å². The molecule has 0 saturated carbocycles. The zero-order valence-electron chi connectivity index (χ0n) is 4.48. The van der Waals surface area contributed by atoms with Crippen LogP contribution in [0, 0.1) is 0 Å². The Morgan fingerprint density at radius 1 is 0.778 bits per heavy atom. The third-order valence-corrected chi connectivity index (χ3v) is 0.824. The first-order chi connectivity index (χ1) is 3.79. The zero-order chi connectivity index (χ0) is 5.98. The minimum atomic E-state index is -0.121. The van der Waals surface area contributed by atoms with Crippen molar-refractivity contribution in [1.29, 1.82) is 0 Å². The molecule has 0 atom stereocenters. The van der Waals surface area contributed by atoms with Crippen molar-refractivity contribution in [1.82, 2.24) is 0 Å². The molecule has 0 aromatic carbocycles. The number of hydrogen-bond acceptors (Lipinski definition) is 2. The quantitative estimate of drug-likeness (QED) is 0.423. The first kappa shape index (κ1) is 8.44. The number of rotatable bonds is 0. The number of carbonyl (C=O) groups excluding carboxylic acids is 2. The summed E-state index contributed by atoms with van der Waals surface area (Å²) in [6, 6.07) is 0. The molecule has 0 fully saturated rings. The average molecular weight is 209 g/mol. The Bertz CT molecular complexity index is 153. The average Bonchev–Trinajstić information content (AvgIpc) is 1.77. The smallest absolute Gasteiger partial charge is 0.178 e. The summed E-state index contributed by atoms with van der Waals surface area (Å²) in [7, 11) is 0. The van der Waals surface area contributed by atoms with Crippen LogP contribution in [0.1, 0.15) is 0 Å². The van der Waals surface area contributed by atoms with Crippen molar-refractivity contribution in [2.75, 3.05) is 0 Å². The first-order valence-corrected chi connectivity index (χ1v) is 2.23. The summed E-state index contributed by atoms with van der Waals surface area (Å²) < 4.78 is 0. The van der Waals surface area contributed by atoms with Gasteiger partial charge in [-0.2, -0.15) is 0 Å². The Morgan fingerprint density at radius 3 is 1.22 bits per heavy atom. The molecule has 0 saturated heterocycles. The van der Waals surface area contributed by atoms with Crippen LogP contribution in [0.15, 0.2) is 24.3 Å². The Kier molecular flexibility index (Phi) is 3.25. The van der Waals surface area contributed by atoms with Crippen LogP contribution in [0.25, 0.3) is 0 Å². The number of carbonyl (C=O) groups is 2. The largest absolute Gasteiger partial charge is 0.290 e. The predicted molar refractivity (Wildman–Crippen MR) is 28.3 cm³/mol. The van der Waals surface area contributed by atoms with E-state index in [4.69, 9.17) is 0 Å². The van der Waals surface area contributed by atoms with Crippen molar-refractivity contribution >= 4 is 11.6 Å². The summed E-state index contributed by atoms with van der Waals surface area (Å²) in [6.45, 7) is 0. The number of allylic oxidation sites excluding steroid dienone is 4. The SMILES string of the molecule is O=C1C=CC(=O)C=C1.[Ru]. The Hall–Kier alpha value is -0.557. The van der Waals surface area contributed by atoms with E-state index < -0.39 is 0 Å². The van der Waals surface area contributed by atoms with Gasteiger partial charge in [-0.1, -0.05) is 0 Å². The van der Waals surface area contributed by atoms with Gasteiger partial charge >= 0.3 is 0 Å². The first-order valence-electron chi connectivity index (χ1n) is 2.23. The maximum absolute atomic E-state index is 10.3. The molecular formula is C6H4O2Ru. The van der Waals surface area contributed by atoms with Gasteiger partial charge in [0.2, 0.25) is 0 Å². The molecule has 9 heavy (non-hydrogen) atoms. The molecule has 0 N–H and O–H groups in total. The molecule has 0 aromatic rings. The fourth-order valence-electron chi connectivity index (χ4n) is 0.440. The number of ketones is 2. The van der Waals surface area contributed by atoms with Crippen molar-refractivity contribution in [3.05, 3.63) is 24.3 Å². The van der Waals surface area contributed by atoms with E-state index in [-0.39, 0.29) is 31.0 Å². The molecule has 0 radical (unpaired) electrons. The summed E-state index contributed by atoms with van der Waals surface area (Å²) in [6.07, 6.45) is 5.01. The Labute approximate surface area is 65.4 Å². The summed E-state index contributed by atoms with van der Waals surface area (Å²) >= 11 is 0. The van der Waals surface area contributed by atoms with Gasteiger partial charge in [0, 0.05) is 19.5 Å². The van der Waals surface area contributed by atoms with Gasteiger partial charge in [-0.25, -0.2) is 0 Å². The molecular weight excluding hydrogens is 205 g/mol. The van der Waals surface area contributed by atoms with E-state index in [0.29, 0.717) is 0 Å².